The van der Waals surface area contributed by atoms with Gasteiger partial charge < -0.3 is 4.89 Å². The molecule has 0 rings (SSSR count). The first-order valence-electron chi connectivity index (χ1n) is 2.72. The van der Waals surface area contributed by atoms with Crippen LogP contribution in [0, 0.1) is 0 Å². The Balaban J connectivity index is 3.77. The van der Waals surface area contributed by atoms with Crippen LogP contribution >= 0.6 is 23.5 Å². The fourth-order valence-corrected chi connectivity index (χ4v) is 1.20. The minimum Gasteiger partial charge on any atom is -0.324 e. The lowest BCUT2D eigenvalue weighted by atomic mass is 10.8. The van der Waals surface area contributed by atoms with E-state index in [1.165, 1.54) is 6.92 Å². The van der Waals surface area contributed by atoms with Crippen molar-refractivity contribution in [3.05, 3.63) is 0 Å². The number of alkyl halides is 2. The molecule has 0 radical (unpaired) electrons. The zero-order valence-corrected chi connectivity index (χ0v) is 7.94. The van der Waals surface area contributed by atoms with E-state index in [4.69, 9.17) is 4.89 Å². The van der Waals surface area contributed by atoms with Crippen LogP contribution < -0.4 is 0 Å². The molecule has 0 spiro atoms. The Morgan fingerprint density at radius 2 is 2.40 bits per heavy atom. The summed E-state index contributed by atoms with van der Waals surface area (Å²) < 4.78 is 27.0. The molecule has 3 nitrogen and oxygen atoms in total. The topological polar surface area (TPSA) is 46.5 Å². The van der Waals surface area contributed by atoms with Crippen molar-refractivity contribution >= 4 is 23.5 Å². The van der Waals surface area contributed by atoms with Crippen molar-refractivity contribution in [3.63, 3.8) is 0 Å². The molecule has 0 aliphatic carbocycles. The van der Waals surface area contributed by atoms with E-state index in [0.717, 1.165) is 0 Å². The molecule has 10 heavy (non-hydrogen) atoms. The Bertz CT molecular complexity index is 142. The van der Waals surface area contributed by atoms with Crippen molar-refractivity contribution in [1.82, 2.24) is 0 Å². The summed E-state index contributed by atoms with van der Waals surface area (Å²) in [5.74, 6) is 0. The van der Waals surface area contributed by atoms with E-state index in [9.17, 15) is 8.96 Å². The molecule has 0 aromatic heterocycles. The largest absolute Gasteiger partial charge is 0.330 e. The third-order valence-electron chi connectivity index (χ3n) is 0.800. The Morgan fingerprint density at radius 1 is 1.90 bits per heavy atom. The zero-order chi connectivity index (χ0) is 8.20. The number of hydrogen-bond acceptors (Lipinski definition) is 2. The lowest BCUT2D eigenvalue weighted by molar-refractivity contribution is 0.0785. The average molecular weight is 235 g/mol. The lowest BCUT2D eigenvalue weighted by Crippen LogP contribution is -2.06. The summed E-state index contributed by atoms with van der Waals surface area (Å²) in [6.45, 7) is 1.46. The van der Waals surface area contributed by atoms with E-state index in [0.29, 0.717) is 0 Å². The van der Waals surface area contributed by atoms with E-state index in [2.05, 4.69) is 20.5 Å². The second-order valence-corrected chi connectivity index (χ2v) is 4.39. The fourth-order valence-electron chi connectivity index (χ4n) is 0.281. The highest BCUT2D eigenvalue weighted by Gasteiger charge is 2.21. The van der Waals surface area contributed by atoms with Crippen LogP contribution in [0.2, 0.25) is 0 Å². The van der Waals surface area contributed by atoms with E-state index >= 15 is 0 Å². The van der Waals surface area contributed by atoms with Gasteiger partial charge in [0.15, 0.2) is 0 Å². The van der Waals surface area contributed by atoms with Crippen LogP contribution in [0.4, 0.5) is 4.39 Å². The predicted molar refractivity (Wildman–Crippen MR) is 40.1 cm³/mol. The van der Waals surface area contributed by atoms with Gasteiger partial charge in [0.2, 0.25) is 6.36 Å². The minimum atomic E-state index is -3.65. The highest BCUT2D eigenvalue weighted by molar-refractivity contribution is 9.09. The first-order chi connectivity index (χ1) is 4.52. The van der Waals surface area contributed by atoms with Gasteiger partial charge >= 0.3 is 7.60 Å². The van der Waals surface area contributed by atoms with Gasteiger partial charge in [0.1, 0.15) is 0 Å². The summed E-state index contributed by atoms with van der Waals surface area (Å²) in [6, 6.07) is 0. The molecule has 0 aromatic rings. The highest BCUT2D eigenvalue weighted by Crippen LogP contribution is 2.42. The van der Waals surface area contributed by atoms with Gasteiger partial charge in [-0.1, -0.05) is 22.9 Å². The Labute approximate surface area is 67.2 Å². The molecular weight excluding hydrogens is 226 g/mol. The molecule has 0 aliphatic rings. The maximum Gasteiger partial charge on any atom is 0.330 e. The Hall–Kier alpha value is 0.560. The van der Waals surface area contributed by atoms with Crippen LogP contribution in [0.25, 0.3) is 0 Å². The van der Waals surface area contributed by atoms with Gasteiger partial charge in [0.05, 0.1) is 5.33 Å². The van der Waals surface area contributed by atoms with Crippen LogP contribution in [0.15, 0.2) is 0 Å². The van der Waals surface area contributed by atoms with Crippen molar-refractivity contribution in [3.8, 4) is 0 Å². The number of hydrogen-bond donors (Lipinski definition) is 1. The summed E-state index contributed by atoms with van der Waals surface area (Å²) in [6.07, 6.45) is -1.77. The summed E-state index contributed by atoms with van der Waals surface area (Å²) in [7, 11) is -3.65. The molecule has 62 valence electrons. The molecule has 0 amide bonds. The monoisotopic (exact) mass is 234 g/mol. The third-order valence-corrected chi connectivity index (χ3v) is 2.67. The van der Waals surface area contributed by atoms with E-state index in [-0.39, 0.29) is 11.5 Å². The first kappa shape index (κ1) is 10.6. The van der Waals surface area contributed by atoms with E-state index < -0.39 is 14.0 Å². The van der Waals surface area contributed by atoms with Crippen molar-refractivity contribution < 1.29 is 18.4 Å². The summed E-state index contributed by atoms with van der Waals surface area (Å²) in [4.78, 5) is 8.70. The van der Waals surface area contributed by atoms with Crippen LogP contribution in [0.1, 0.15) is 6.92 Å². The zero-order valence-electron chi connectivity index (χ0n) is 5.46. The quantitative estimate of drug-likeness (QED) is 0.597. The number of rotatable bonds is 4. The van der Waals surface area contributed by atoms with Crippen LogP contribution in [0.3, 0.4) is 0 Å². The molecule has 0 bridgehead atoms. The van der Waals surface area contributed by atoms with Gasteiger partial charge in [-0.25, -0.2) is 4.39 Å². The standard InChI is InChI=1S/C4H9BrFO3P/c1-2-10(7,8)9-4(6)3-5/h4H,2-3H2,1H3,(H,7,8). The Morgan fingerprint density at radius 3 is 2.70 bits per heavy atom. The molecule has 2 unspecified atom stereocenters. The minimum absolute atomic E-state index is 0.0690. The van der Waals surface area contributed by atoms with Crippen molar-refractivity contribution in [2.75, 3.05) is 11.5 Å². The van der Waals surface area contributed by atoms with Gasteiger partial charge in [-0.2, -0.15) is 0 Å². The second-order valence-electron chi connectivity index (χ2n) is 1.62. The van der Waals surface area contributed by atoms with Crippen molar-refractivity contribution in [1.29, 1.82) is 0 Å². The molecule has 0 aliphatic heterocycles. The van der Waals surface area contributed by atoms with E-state index in [1.54, 1.807) is 0 Å². The van der Waals surface area contributed by atoms with Crippen LogP contribution in [-0.2, 0) is 9.09 Å². The summed E-state index contributed by atoms with van der Waals surface area (Å²) in [5, 5.41) is -0.0858. The smallest absolute Gasteiger partial charge is 0.324 e. The number of halogens is 2. The molecule has 2 atom stereocenters. The van der Waals surface area contributed by atoms with Gasteiger partial charge in [0.25, 0.3) is 0 Å². The third kappa shape index (κ3) is 4.39. The van der Waals surface area contributed by atoms with E-state index in [1.807, 2.05) is 0 Å². The van der Waals surface area contributed by atoms with Crippen LogP contribution in [-0.4, -0.2) is 22.7 Å². The van der Waals surface area contributed by atoms with Gasteiger partial charge in [0, 0.05) is 6.16 Å². The summed E-state index contributed by atoms with van der Waals surface area (Å²) in [5.41, 5.74) is 0. The first-order valence-corrected chi connectivity index (χ1v) is 5.60. The van der Waals surface area contributed by atoms with Crippen LogP contribution in [0.5, 0.6) is 0 Å². The van der Waals surface area contributed by atoms with Gasteiger partial charge in [-0.05, 0) is 0 Å². The second kappa shape index (κ2) is 4.44. The van der Waals surface area contributed by atoms with Gasteiger partial charge in [-0.15, -0.1) is 0 Å². The Kier molecular flexibility index (Phi) is 4.69. The molecule has 0 saturated heterocycles. The van der Waals surface area contributed by atoms with Crippen molar-refractivity contribution in [2.45, 2.75) is 13.3 Å². The molecule has 0 fully saturated rings. The molecule has 0 saturated carbocycles. The SMILES string of the molecule is CCP(=O)(O)OC(F)CBr. The maximum absolute atomic E-state index is 12.2. The lowest BCUT2D eigenvalue weighted by Gasteiger charge is -2.10. The highest BCUT2D eigenvalue weighted by atomic mass is 79.9. The molecule has 0 aromatic carbocycles. The van der Waals surface area contributed by atoms with Crippen molar-refractivity contribution in [2.24, 2.45) is 0 Å². The predicted octanol–water partition coefficient (Wildman–Crippen LogP) is 1.90. The molecule has 0 heterocycles. The normalized spacial score (nSPS) is 20.0. The fraction of sp³-hybridized carbons (Fsp3) is 1.00. The molecule has 6 heteroatoms. The van der Waals surface area contributed by atoms with Gasteiger partial charge in [-0.3, -0.25) is 9.09 Å². The average Bonchev–Trinajstić information content (AvgIpc) is 1.87. The molecular formula is C4H9BrFO3P. The maximum atomic E-state index is 12.2. The summed E-state index contributed by atoms with van der Waals surface area (Å²) >= 11 is 2.76. The molecule has 1 N–H and O–H groups in total.